The zero-order chi connectivity index (χ0) is 14.0. The molecule has 1 unspecified atom stereocenters. The number of ether oxygens (including phenoxy) is 1. The smallest absolute Gasteiger partial charge is 0.0702 e. The summed E-state index contributed by atoms with van der Waals surface area (Å²) < 4.78 is 7.19. The average molecular weight is 359 g/mol. The van der Waals surface area contributed by atoms with Crippen LogP contribution in [0.15, 0.2) is 22.7 Å². The van der Waals surface area contributed by atoms with Gasteiger partial charge in [0.1, 0.15) is 0 Å². The predicted molar refractivity (Wildman–Crippen MR) is 87.6 cm³/mol. The van der Waals surface area contributed by atoms with Crippen molar-refractivity contribution in [2.45, 2.75) is 56.6 Å². The van der Waals surface area contributed by atoms with Gasteiger partial charge in [-0.25, -0.2) is 0 Å². The third kappa shape index (κ3) is 3.32. The van der Waals surface area contributed by atoms with Gasteiger partial charge in [0.2, 0.25) is 0 Å². The molecule has 1 aliphatic carbocycles. The third-order valence-electron chi connectivity index (χ3n) is 4.55. The van der Waals surface area contributed by atoms with Crippen LogP contribution < -0.4 is 5.32 Å². The molecule has 1 saturated heterocycles. The number of anilines is 1. The predicted octanol–water partition coefficient (Wildman–Crippen LogP) is 5.40. The SMILES string of the molecule is Clc1ccc(NC2CCOC3(CCCCC3)C2)c(Br)c1. The molecule has 0 radical (unpaired) electrons. The molecule has 1 N–H and O–H groups in total. The topological polar surface area (TPSA) is 21.3 Å². The Hall–Kier alpha value is -0.250. The highest BCUT2D eigenvalue weighted by atomic mass is 79.9. The van der Waals surface area contributed by atoms with Gasteiger partial charge in [-0.05, 0) is 59.8 Å². The Morgan fingerprint density at radius 1 is 1.25 bits per heavy atom. The highest BCUT2D eigenvalue weighted by Crippen LogP contribution is 2.39. The summed E-state index contributed by atoms with van der Waals surface area (Å²) in [6, 6.07) is 6.43. The van der Waals surface area contributed by atoms with Gasteiger partial charge >= 0.3 is 0 Å². The Morgan fingerprint density at radius 3 is 2.80 bits per heavy atom. The van der Waals surface area contributed by atoms with Crippen molar-refractivity contribution in [1.29, 1.82) is 0 Å². The van der Waals surface area contributed by atoms with E-state index in [1.54, 1.807) is 0 Å². The molecule has 1 spiro atoms. The Balaban J connectivity index is 1.68. The molecule has 3 rings (SSSR count). The van der Waals surface area contributed by atoms with Gasteiger partial charge in [-0.15, -0.1) is 0 Å². The van der Waals surface area contributed by atoms with Crippen molar-refractivity contribution >= 4 is 33.2 Å². The van der Waals surface area contributed by atoms with Crippen molar-refractivity contribution in [2.75, 3.05) is 11.9 Å². The fraction of sp³-hybridized carbons (Fsp3) is 0.625. The number of halogens is 2. The van der Waals surface area contributed by atoms with Gasteiger partial charge in [0.15, 0.2) is 0 Å². The summed E-state index contributed by atoms with van der Waals surface area (Å²) in [4.78, 5) is 0. The number of hydrogen-bond acceptors (Lipinski definition) is 2. The molecule has 2 nitrogen and oxygen atoms in total. The monoisotopic (exact) mass is 357 g/mol. The van der Waals surface area contributed by atoms with Crippen molar-refractivity contribution < 1.29 is 4.74 Å². The van der Waals surface area contributed by atoms with Crippen LogP contribution in [-0.2, 0) is 4.74 Å². The van der Waals surface area contributed by atoms with Crippen LogP contribution in [0.4, 0.5) is 5.69 Å². The lowest BCUT2D eigenvalue weighted by molar-refractivity contribution is -0.103. The van der Waals surface area contributed by atoms with Crippen molar-refractivity contribution in [1.82, 2.24) is 0 Å². The van der Waals surface area contributed by atoms with Crippen molar-refractivity contribution in [3.8, 4) is 0 Å². The van der Waals surface area contributed by atoms with E-state index in [1.165, 1.54) is 32.1 Å². The molecule has 1 aromatic carbocycles. The highest BCUT2D eigenvalue weighted by Gasteiger charge is 2.38. The van der Waals surface area contributed by atoms with E-state index in [1.807, 2.05) is 12.1 Å². The third-order valence-corrected chi connectivity index (χ3v) is 5.44. The molecular formula is C16H21BrClNO. The van der Waals surface area contributed by atoms with E-state index in [0.29, 0.717) is 6.04 Å². The lowest BCUT2D eigenvalue weighted by Crippen LogP contribution is -2.45. The summed E-state index contributed by atoms with van der Waals surface area (Å²) >= 11 is 9.58. The molecule has 110 valence electrons. The Morgan fingerprint density at radius 2 is 2.05 bits per heavy atom. The molecule has 1 heterocycles. The lowest BCUT2D eigenvalue weighted by atomic mass is 9.78. The first kappa shape index (κ1) is 14.7. The van der Waals surface area contributed by atoms with E-state index in [-0.39, 0.29) is 5.60 Å². The first-order chi connectivity index (χ1) is 9.67. The number of nitrogens with one attached hydrogen (secondary N) is 1. The zero-order valence-corrected chi connectivity index (χ0v) is 14.0. The van der Waals surface area contributed by atoms with E-state index in [4.69, 9.17) is 16.3 Å². The van der Waals surface area contributed by atoms with E-state index in [0.717, 1.165) is 34.6 Å². The second-order valence-electron chi connectivity index (χ2n) is 6.05. The van der Waals surface area contributed by atoms with Crippen molar-refractivity contribution in [3.63, 3.8) is 0 Å². The molecule has 1 atom stereocenters. The minimum atomic E-state index is 0.146. The molecule has 0 bridgehead atoms. The number of rotatable bonds is 2. The number of hydrogen-bond donors (Lipinski definition) is 1. The normalized spacial score (nSPS) is 25.6. The van der Waals surface area contributed by atoms with Crippen LogP contribution in [0.5, 0.6) is 0 Å². The largest absolute Gasteiger partial charge is 0.381 e. The maximum absolute atomic E-state index is 6.15. The quantitative estimate of drug-likeness (QED) is 0.764. The summed E-state index contributed by atoms with van der Waals surface area (Å²) in [5.74, 6) is 0. The maximum Gasteiger partial charge on any atom is 0.0702 e. The molecule has 0 aromatic heterocycles. The molecule has 0 amide bonds. The summed E-state index contributed by atoms with van der Waals surface area (Å²) in [6.07, 6.45) is 8.67. The summed E-state index contributed by atoms with van der Waals surface area (Å²) in [7, 11) is 0. The van der Waals surface area contributed by atoms with E-state index >= 15 is 0 Å². The number of benzene rings is 1. The van der Waals surface area contributed by atoms with E-state index in [2.05, 4.69) is 27.3 Å². The molecule has 1 aliphatic heterocycles. The standard InChI is InChI=1S/C16H21BrClNO/c17-14-10-12(18)4-5-15(14)19-13-6-9-20-16(11-13)7-2-1-3-8-16/h4-5,10,13,19H,1-3,6-9,11H2. The second kappa shape index (κ2) is 6.25. The minimum absolute atomic E-state index is 0.146. The lowest BCUT2D eigenvalue weighted by Gasteiger charge is -2.44. The Kier molecular flexibility index (Phi) is 4.58. The van der Waals surface area contributed by atoms with Crippen LogP contribution in [0, 0.1) is 0 Å². The molecule has 2 aliphatic rings. The molecule has 1 aromatic rings. The molecule has 2 fully saturated rings. The fourth-order valence-corrected chi connectivity index (χ4v) is 4.32. The van der Waals surface area contributed by atoms with Crippen LogP contribution in [0.2, 0.25) is 5.02 Å². The Bertz CT molecular complexity index is 468. The molecule has 1 saturated carbocycles. The van der Waals surface area contributed by atoms with Crippen molar-refractivity contribution in [2.24, 2.45) is 0 Å². The summed E-state index contributed by atoms with van der Waals surface area (Å²) in [5.41, 5.74) is 1.28. The highest BCUT2D eigenvalue weighted by molar-refractivity contribution is 9.10. The molecule has 4 heteroatoms. The summed E-state index contributed by atoms with van der Waals surface area (Å²) in [5, 5.41) is 4.42. The Labute approximate surface area is 134 Å². The average Bonchev–Trinajstić information content (AvgIpc) is 2.43. The first-order valence-electron chi connectivity index (χ1n) is 7.52. The van der Waals surface area contributed by atoms with Gasteiger partial charge in [0.05, 0.1) is 5.60 Å². The van der Waals surface area contributed by atoms with E-state index in [9.17, 15) is 0 Å². The van der Waals surface area contributed by atoms with E-state index < -0.39 is 0 Å². The van der Waals surface area contributed by atoms with Gasteiger partial charge in [-0.1, -0.05) is 30.9 Å². The zero-order valence-electron chi connectivity index (χ0n) is 11.6. The van der Waals surface area contributed by atoms with Gasteiger partial charge in [0.25, 0.3) is 0 Å². The maximum atomic E-state index is 6.15. The van der Waals surface area contributed by atoms with Gasteiger partial charge in [0, 0.05) is 27.8 Å². The van der Waals surface area contributed by atoms with Gasteiger partial charge < -0.3 is 10.1 Å². The van der Waals surface area contributed by atoms with Gasteiger partial charge in [-0.2, -0.15) is 0 Å². The fourth-order valence-electron chi connectivity index (χ4n) is 3.52. The van der Waals surface area contributed by atoms with Crippen LogP contribution in [0.25, 0.3) is 0 Å². The van der Waals surface area contributed by atoms with Crippen molar-refractivity contribution in [3.05, 3.63) is 27.7 Å². The van der Waals surface area contributed by atoms with Crippen LogP contribution in [0.3, 0.4) is 0 Å². The second-order valence-corrected chi connectivity index (χ2v) is 7.34. The molecule has 20 heavy (non-hydrogen) atoms. The molecular weight excluding hydrogens is 338 g/mol. The van der Waals surface area contributed by atoms with Crippen LogP contribution in [0.1, 0.15) is 44.9 Å². The van der Waals surface area contributed by atoms with Crippen LogP contribution >= 0.6 is 27.5 Å². The first-order valence-corrected chi connectivity index (χ1v) is 8.70. The van der Waals surface area contributed by atoms with Crippen LogP contribution in [-0.4, -0.2) is 18.2 Å². The summed E-state index contributed by atoms with van der Waals surface area (Å²) in [6.45, 7) is 0.878. The van der Waals surface area contributed by atoms with Gasteiger partial charge in [-0.3, -0.25) is 0 Å². The minimum Gasteiger partial charge on any atom is -0.381 e.